The van der Waals surface area contributed by atoms with Crippen molar-refractivity contribution in [1.29, 1.82) is 0 Å². The van der Waals surface area contributed by atoms with E-state index in [0.29, 0.717) is 34.6 Å². The first-order chi connectivity index (χ1) is 9.15. The van der Waals surface area contributed by atoms with E-state index in [4.69, 9.17) is 31.5 Å². The Labute approximate surface area is 117 Å². The fourth-order valence-electron chi connectivity index (χ4n) is 1.50. The lowest BCUT2D eigenvalue weighted by Gasteiger charge is -2.15. The molecule has 0 aliphatic heterocycles. The van der Waals surface area contributed by atoms with Crippen molar-refractivity contribution in [2.45, 2.75) is 0 Å². The Morgan fingerprint density at radius 1 is 1.16 bits per heavy atom. The lowest BCUT2D eigenvalue weighted by Crippen LogP contribution is -2.30. The maximum atomic E-state index is 8.71. The van der Waals surface area contributed by atoms with Crippen molar-refractivity contribution < 1.29 is 19.3 Å². The van der Waals surface area contributed by atoms with Crippen molar-refractivity contribution in [3.05, 3.63) is 12.1 Å². The zero-order valence-corrected chi connectivity index (χ0v) is 12.0. The molecule has 1 rings (SSSR count). The van der Waals surface area contributed by atoms with Gasteiger partial charge >= 0.3 is 0 Å². The average Bonchev–Trinajstić information content (AvgIpc) is 2.43. The van der Waals surface area contributed by atoms with Crippen LogP contribution in [0, 0.1) is 0 Å². The molecule has 0 atom stereocenters. The summed E-state index contributed by atoms with van der Waals surface area (Å²) in [4.78, 5) is 0. The van der Waals surface area contributed by atoms with Crippen LogP contribution in [0.2, 0.25) is 0 Å². The van der Waals surface area contributed by atoms with Crippen LogP contribution in [0.15, 0.2) is 12.1 Å². The van der Waals surface area contributed by atoms with Gasteiger partial charge in [-0.05, 0) is 12.2 Å². The van der Waals surface area contributed by atoms with Gasteiger partial charge in [0.2, 0.25) is 5.75 Å². The monoisotopic (exact) mass is 286 g/mol. The molecule has 1 aromatic carbocycles. The summed E-state index contributed by atoms with van der Waals surface area (Å²) >= 11 is 5.08. The number of nitrogens with one attached hydrogen (secondary N) is 2. The summed E-state index contributed by atoms with van der Waals surface area (Å²) in [6, 6.07) is 3.49. The third kappa shape index (κ3) is 4.15. The minimum absolute atomic E-state index is 0.0110. The molecule has 0 heterocycles. The van der Waals surface area contributed by atoms with Gasteiger partial charge in [-0.15, -0.1) is 0 Å². The van der Waals surface area contributed by atoms with Gasteiger partial charge in [0.1, 0.15) is 0 Å². The van der Waals surface area contributed by atoms with E-state index in [9.17, 15) is 0 Å². The second-order valence-corrected chi connectivity index (χ2v) is 3.93. The smallest absolute Gasteiger partial charge is 0.203 e. The van der Waals surface area contributed by atoms with E-state index in [1.165, 1.54) is 0 Å². The lowest BCUT2D eigenvalue weighted by molar-refractivity contribution is 0.300. The highest BCUT2D eigenvalue weighted by Gasteiger charge is 2.13. The van der Waals surface area contributed by atoms with Crippen LogP contribution in [0.3, 0.4) is 0 Å². The first-order valence-electron chi connectivity index (χ1n) is 5.62. The number of methoxy groups -OCH3 is 3. The van der Waals surface area contributed by atoms with Gasteiger partial charge in [0.25, 0.3) is 0 Å². The maximum Gasteiger partial charge on any atom is 0.203 e. The fraction of sp³-hybridized carbons (Fsp3) is 0.417. The molecule has 0 radical (unpaired) electrons. The van der Waals surface area contributed by atoms with Crippen molar-refractivity contribution >= 4 is 23.0 Å². The van der Waals surface area contributed by atoms with E-state index >= 15 is 0 Å². The van der Waals surface area contributed by atoms with Crippen molar-refractivity contribution in [1.82, 2.24) is 5.32 Å². The van der Waals surface area contributed by atoms with Crippen LogP contribution >= 0.6 is 12.2 Å². The van der Waals surface area contributed by atoms with E-state index in [2.05, 4.69) is 10.6 Å². The number of benzene rings is 1. The zero-order valence-electron chi connectivity index (χ0n) is 11.1. The molecule has 0 aromatic heterocycles. The summed E-state index contributed by atoms with van der Waals surface area (Å²) in [5.41, 5.74) is 0.699. The van der Waals surface area contributed by atoms with Gasteiger partial charge < -0.3 is 30.0 Å². The van der Waals surface area contributed by atoms with Crippen LogP contribution < -0.4 is 24.8 Å². The highest BCUT2D eigenvalue weighted by atomic mass is 32.1. The third-order valence-corrected chi connectivity index (χ3v) is 2.57. The number of ether oxygens (including phenoxy) is 3. The first kappa shape index (κ1) is 15.3. The molecular weight excluding hydrogens is 268 g/mol. The number of aliphatic hydroxyl groups excluding tert-OH is 1. The molecule has 0 aliphatic rings. The summed E-state index contributed by atoms with van der Waals surface area (Å²) in [5.74, 6) is 1.59. The molecule has 0 unspecified atom stereocenters. The molecule has 0 fully saturated rings. The normalized spacial score (nSPS) is 9.68. The molecule has 19 heavy (non-hydrogen) atoms. The topological polar surface area (TPSA) is 72.0 Å². The quantitative estimate of drug-likeness (QED) is 0.674. The zero-order chi connectivity index (χ0) is 14.3. The summed E-state index contributed by atoms with van der Waals surface area (Å²) in [6.45, 7) is 0.396. The van der Waals surface area contributed by atoms with E-state index in [1.807, 2.05) is 0 Å². The van der Waals surface area contributed by atoms with Crippen LogP contribution in [0.4, 0.5) is 5.69 Å². The molecule has 0 saturated heterocycles. The predicted molar refractivity (Wildman–Crippen MR) is 77.4 cm³/mol. The second kappa shape index (κ2) is 7.65. The first-order valence-corrected chi connectivity index (χ1v) is 6.02. The number of hydrogen-bond acceptors (Lipinski definition) is 5. The second-order valence-electron chi connectivity index (χ2n) is 3.52. The Bertz CT molecular complexity index is 415. The van der Waals surface area contributed by atoms with Gasteiger partial charge in [0.15, 0.2) is 16.6 Å². The van der Waals surface area contributed by atoms with Gasteiger partial charge in [-0.25, -0.2) is 0 Å². The Hall–Kier alpha value is -1.73. The number of aliphatic hydroxyl groups is 1. The Kier molecular flexibility index (Phi) is 6.17. The Balaban J connectivity index is 2.93. The van der Waals surface area contributed by atoms with Gasteiger partial charge in [0.05, 0.1) is 27.9 Å². The van der Waals surface area contributed by atoms with Crippen molar-refractivity contribution in [3.8, 4) is 17.2 Å². The molecule has 7 heteroatoms. The standard InChI is InChI=1S/C12H18N2O4S/c1-16-9-6-8(14-12(19)13-4-5-15)7-10(17-2)11(9)18-3/h6-7,15H,4-5H2,1-3H3,(H2,13,14,19). The molecule has 0 bridgehead atoms. The summed E-state index contributed by atoms with van der Waals surface area (Å²) in [7, 11) is 4.63. The summed E-state index contributed by atoms with van der Waals surface area (Å²) < 4.78 is 15.7. The molecule has 3 N–H and O–H groups in total. The number of anilines is 1. The number of thiocarbonyl (C=S) groups is 1. The third-order valence-electron chi connectivity index (χ3n) is 2.32. The highest BCUT2D eigenvalue weighted by Crippen LogP contribution is 2.39. The van der Waals surface area contributed by atoms with Crippen molar-refractivity contribution in [2.75, 3.05) is 39.8 Å². The number of rotatable bonds is 6. The van der Waals surface area contributed by atoms with Crippen LogP contribution in [0.25, 0.3) is 0 Å². The predicted octanol–water partition coefficient (Wildman–Crippen LogP) is 0.991. The minimum Gasteiger partial charge on any atom is -0.493 e. The van der Waals surface area contributed by atoms with E-state index in [-0.39, 0.29) is 6.61 Å². The molecule has 0 spiro atoms. The Morgan fingerprint density at radius 3 is 2.16 bits per heavy atom. The molecule has 0 saturated carbocycles. The van der Waals surface area contributed by atoms with E-state index in [1.54, 1.807) is 33.5 Å². The molecule has 6 nitrogen and oxygen atoms in total. The fourth-order valence-corrected chi connectivity index (χ4v) is 1.72. The van der Waals surface area contributed by atoms with Gasteiger partial charge in [-0.2, -0.15) is 0 Å². The van der Waals surface area contributed by atoms with E-state index in [0.717, 1.165) is 0 Å². The minimum atomic E-state index is 0.0110. The van der Waals surface area contributed by atoms with Crippen molar-refractivity contribution in [3.63, 3.8) is 0 Å². The lowest BCUT2D eigenvalue weighted by atomic mass is 10.2. The summed E-state index contributed by atoms with van der Waals surface area (Å²) in [6.07, 6.45) is 0. The van der Waals surface area contributed by atoms with Crippen molar-refractivity contribution in [2.24, 2.45) is 0 Å². The van der Waals surface area contributed by atoms with Crippen LogP contribution in [-0.4, -0.2) is 44.7 Å². The average molecular weight is 286 g/mol. The molecular formula is C12H18N2O4S. The Morgan fingerprint density at radius 2 is 1.74 bits per heavy atom. The van der Waals surface area contributed by atoms with Crippen LogP contribution in [-0.2, 0) is 0 Å². The van der Waals surface area contributed by atoms with Gasteiger partial charge in [-0.3, -0.25) is 0 Å². The SMILES string of the molecule is COc1cc(NC(=S)NCCO)cc(OC)c1OC. The van der Waals surface area contributed by atoms with Crippen LogP contribution in [0.1, 0.15) is 0 Å². The molecule has 0 aliphatic carbocycles. The van der Waals surface area contributed by atoms with Crippen LogP contribution in [0.5, 0.6) is 17.2 Å². The largest absolute Gasteiger partial charge is 0.493 e. The van der Waals surface area contributed by atoms with Gasteiger partial charge in [-0.1, -0.05) is 0 Å². The molecule has 1 aromatic rings. The van der Waals surface area contributed by atoms with Gasteiger partial charge in [0, 0.05) is 24.4 Å². The van der Waals surface area contributed by atoms with E-state index < -0.39 is 0 Å². The highest BCUT2D eigenvalue weighted by molar-refractivity contribution is 7.80. The number of hydrogen-bond donors (Lipinski definition) is 3. The maximum absolute atomic E-state index is 8.71. The molecule has 0 amide bonds. The molecule has 106 valence electrons. The summed E-state index contributed by atoms with van der Waals surface area (Å²) in [5, 5.41) is 14.9.